The van der Waals surface area contributed by atoms with E-state index in [2.05, 4.69) is 37.4 Å². The van der Waals surface area contributed by atoms with Crippen molar-refractivity contribution in [3.8, 4) is 0 Å². The smallest absolute Gasteiger partial charge is 0.0545 e. The quantitative estimate of drug-likeness (QED) is 0.767. The molecule has 0 heterocycles. The molecule has 1 rings (SSSR count). The second-order valence-corrected chi connectivity index (χ2v) is 5.87. The van der Waals surface area contributed by atoms with Crippen molar-refractivity contribution in [2.75, 3.05) is 12.8 Å². The first-order valence-corrected chi connectivity index (χ1v) is 7.05. The fraction of sp³-hybridized carbons (Fsp3) is 0.538. The van der Waals surface area contributed by atoms with E-state index in [0.29, 0.717) is 0 Å². The van der Waals surface area contributed by atoms with E-state index >= 15 is 0 Å². The third kappa shape index (κ3) is 4.77. The summed E-state index contributed by atoms with van der Waals surface area (Å²) in [5.41, 5.74) is 1.24. The summed E-state index contributed by atoms with van der Waals surface area (Å²) >= 11 is 8.08. The van der Waals surface area contributed by atoms with E-state index in [9.17, 15) is 0 Å². The van der Waals surface area contributed by atoms with Gasteiger partial charge >= 0.3 is 0 Å². The number of thioether (sulfide) groups is 1. The van der Waals surface area contributed by atoms with Crippen molar-refractivity contribution in [1.29, 1.82) is 0 Å². The van der Waals surface area contributed by atoms with Gasteiger partial charge in [0.2, 0.25) is 0 Å². The highest BCUT2D eigenvalue weighted by Crippen LogP contribution is 2.29. The van der Waals surface area contributed by atoms with E-state index in [1.807, 2.05) is 18.8 Å². The normalized spacial score (nSPS) is 11.1. The maximum Gasteiger partial charge on any atom is 0.0545 e. The Morgan fingerprint density at radius 3 is 2.69 bits per heavy atom. The molecule has 0 spiro atoms. The van der Waals surface area contributed by atoms with Crippen molar-refractivity contribution in [3.05, 3.63) is 28.8 Å². The van der Waals surface area contributed by atoms with E-state index in [1.165, 1.54) is 16.9 Å². The van der Waals surface area contributed by atoms with Gasteiger partial charge in [-0.1, -0.05) is 31.5 Å². The second kappa shape index (κ2) is 7.21. The third-order valence-electron chi connectivity index (χ3n) is 2.33. The molecule has 16 heavy (non-hydrogen) atoms. The van der Waals surface area contributed by atoms with E-state index in [-0.39, 0.29) is 0 Å². The van der Waals surface area contributed by atoms with Crippen molar-refractivity contribution in [3.63, 3.8) is 0 Å². The molecule has 3 heteroatoms. The van der Waals surface area contributed by atoms with Crippen LogP contribution in [0.25, 0.3) is 0 Å². The van der Waals surface area contributed by atoms with Gasteiger partial charge in [0.15, 0.2) is 0 Å². The molecule has 0 atom stereocenters. The fourth-order valence-electron chi connectivity index (χ4n) is 1.38. The van der Waals surface area contributed by atoms with E-state index in [1.54, 1.807) is 0 Å². The topological polar surface area (TPSA) is 12.0 Å². The van der Waals surface area contributed by atoms with Crippen LogP contribution in [0.5, 0.6) is 0 Å². The maximum absolute atomic E-state index is 6.23. The largest absolute Gasteiger partial charge is 0.316 e. The minimum atomic E-state index is 0.759. The van der Waals surface area contributed by atoms with Gasteiger partial charge in [-0.25, -0.2) is 0 Å². The molecule has 0 aromatic heterocycles. The van der Waals surface area contributed by atoms with Gasteiger partial charge in [0.05, 0.1) is 5.02 Å². The molecule has 0 saturated carbocycles. The zero-order valence-electron chi connectivity index (χ0n) is 10.2. The highest BCUT2D eigenvalue weighted by molar-refractivity contribution is 7.99. The Bertz CT molecular complexity index is 326. The summed E-state index contributed by atoms with van der Waals surface area (Å²) in [5.74, 6) is 1.90. The molecule has 0 amide bonds. The van der Waals surface area contributed by atoms with Gasteiger partial charge in [0.1, 0.15) is 0 Å². The zero-order chi connectivity index (χ0) is 12.0. The summed E-state index contributed by atoms with van der Waals surface area (Å²) in [6.07, 6.45) is 1.24. The fourth-order valence-corrected chi connectivity index (χ4v) is 2.92. The molecule has 1 N–H and O–H groups in total. The van der Waals surface area contributed by atoms with Gasteiger partial charge < -0.3 is 5.32 Å². The average molecular weight is 258 g/mol. The Kier molecular flexibility index (Phi) is 6.25. The van der Waals surface area contributed by atoms with Gasteiger partial charge in [0, 0.05) is 11.4 Å². The standard InChI is InChI=1S/C13H20ClNS/c1-10(2)6-7-16-13-5-4-11(9-15-3)8-12(13)14/h4-5,8,10,15H,6-7,9H2,1-3H3. The highest BCUT2D eigenvalue weighted by Gasteiger charge is 2.03. The van der Waals surface area contributed by atoms with Crippen LogP contribution in [0.3, 0.4) is 0 Å². The molecule has 1 aromatic rings. The Labute approximate surface area is 108 Å². The minimum Gasteiger partial charge on any atom is -0.316 e. The third-order valence-corrected chi connectivity index (χ3v) is 3.86. The van der Waals surface area contributed by atoms with Crippen LogP contribution in [0.2, 0.25) is 5.02 Å². The van der Waals surface area contributed by atoms with E-state index in [4.69, 9.17) is 11.6 Å². The van der Waals surface area contributed by atoms with Crippen LogP contribution in [-0.4, -0.2) is 12.8 Å². The predicted molar refractivity (Wildman–Crippen MR) is 74.4 cm³/mol. The molecule has 0 aliphatic heterocycles. The van der Waals surface area contributed by atoms with Gasteiger partial charge in [-0.05, 0) is 42.8 Å². The molecule has 0 bridgehead atoms. The number of hydrogen-bond acceptors (Lipinski definition) is 2. The first-order chi connectivity index (χ1) is 7.63. The minimum absolute atomic E-state index is 0.759. The Morgan fingerprint density at radius 1 is 1.38 bits per heavy atom. The first kappa shape index (κ1) is 13.9. The lowest BCUT2D eigenvalue weighted by molar-refractivity contribution is 0.632. The lowest BCUT2D eigenvalue weighted by Crippen LogP contribution is -2.04. The molecule has 0 aliphatic rings. The predicted octanol–water partition coefficient (Wildman–Crippen LogP) is 4.20. The van der Waals surface area contributed by atoms with E-state index < -0.39 is 0 Å². The molecular formula is C13H20ClNS. The van der Waals surface area contributed by atoms with Crippen LogP contribution < -0.4 is 5.32 Å². The monoisotopic (exact) mass is 257 g/mol. The molecular weight excluding hydrogens is 238 g/mol. The Hall–Kier alpha value is -0.180. The Morgan fingerprint density at radius 2 is 2.12 bits per heavy atom. The van der Waals surface area contributed by atoms with Crippen molar-refractivity contribution >= 4 is 23.4 Å². The lowest BCUT2D eigenvalue weighted by Gasteiger charge is -2.08. The summed E-state index contributed by atoms with van der Waals surface area (Å²) in [5, 5.41) is 4.00. The summed E-state index contributed by atoms with van der Waals surface area (Å²) in [4.78, 5) is 1.20. The van der Waals surface area contributed by atoms with Crippen molar-refractivity contribution in [1.82, 2.24) is 5.32 Å². The average Bonchev–Trinajstić information content (AvgIpc) is 2.21. The van der Waals surface area contributed by atoms with E-state index in [0.717, 1.165) is 23.2 Å². The van der Waals surface area contributed by atoms with Gasteiger partial charge in [-0.2, -0.15) is 0 Å². The molecule has 0 unspecified atom stereocenters. The molecule has 0 fully saturated rings. The van der Waals surface area contributed by atoms with Crippen molar-refractivity contribution in [2.45, 2.75) is 31.7 Å². The summed E-state index contributed by atoms with van der Waals surface area (Å²) < 4.78 is 0. The molecule has 0 radical (unpaired) electrons. The highest BCUT2D eigenvalue weighted by atomic mass is 35.5. The SMILES string of the molecule is CNCc1ccc(SCCC(C)C)c(Cl)c1. The summed E-state index contributed by atoms with van der Waals surface area (Å²) in [7, 11) is 1.94. The number of benzene rings is 1. The molecule has 0 aliphatic carbocycles. The lowest BCUT2D eigenvalue weighted by atomic mass is 10.2. The van der Waals surface area contributed by atoms with Crippen molar-refractivity contribution in [2.24, 2.45) is 5.92 Å². The van der Waals surface area contributed by atoms with Crippen molar-refractivity contribution < 1.29 is 0 Å². The maximum atomic E-state index is 6.23. The zero-order valence-corrected chi connectivity index (χ0v) is 11.8. The van der Waals surface area contributed by atoms with Crippen LogP contribution in [0, 0.1) is 5.92 Å². The first-order valence-electron chi connectivity index (χ1n) is 5.69. The number of rotatable bonds is 6. The summed E-state index contributed by atoms with van der Waals surface area (Å²) in [6.45, 7) is 5.37. The Balaban J connectivity index is 2.54. The van der Waals surface area contributed by atoms with Crippen LogP contribution in [-0.2, 0) is 6.54 Å². The number of nitrogens with one attached hydrogen (secondary N) is 1. The van der Waals surface area contributed by atoms with Crippen LogP contribution in [0.4, 0.5) is 0 Å². The molecule has 90 valence electrons. The van der Waals surface area contributed by atoms with Crippen LogP contribution >= 0.6 is 23.4 Å². The van der Waals surface area contributed by atoms with Crippen LogP contribution in [0.1, 0.15) is 25.8 Å². The molecule has 1 nitrogen and oxygen atoms in total. The summed E-state index contributed by atoms with van der Waals surface area (Å²) in [6, 6.07) is 6.32. The molecule has 0 saturated heterocycles. The number of halogens is 1. The number of hydrogen-bond donors (Lipinski definition) is 1. The van der Waals surface area contributed by atoms with Gasteiger partial charge in [0.25, 0.3) is 0 Å². The van der Waals surface area contributed by atoms with Crippen LogP contribution in [0.15, 0.2) is 23.1 Å². The second-order valence-electron chi connectivity index (χ2n) is 4.33. The van der Waals surface area contributed by atoms with Gasteiger partial charge in [-0.15, -0.1) is 11.8 Å². The molecule has 1 aromatic carbocycles. The van der Waals surface area contributed by atoms with Gasteiger partial charge in [-0.3, -0.25) is 0 Å².